The summed E-state index contributed by atoms with van der Waals surface area (Å²) in [5, 5.41) is 1.36. The van der Waals surface area contributed by atoms with Gasteiger partial charge in [-0.2, -0.15) is 4.37 Å². The van der Waals surface area contributed by atoms with Crippen LogP contribution in [0.3, 0.4) is 0 Å². The van der Waals surface area contributed by atoms with Crippen molar-refractivity contribution in [2.75, 3.05) is 33.4 Å². The topological polar surface area (TPSA) is 34.6 Å². The summed E-state index contributed by atoms with van der Waals surface area (Å²) in [5.41, 5.74) is 1.15. The second kappa shape index (κ2) is 9.39. The summed E-state index contributed by atoms with van der Waals surface area (Å²) in [7, 11) is 1.66. The van der Waals surface area contributed by atoms with Crippen LogP contribution in [0.1, 0.15) is 36.5 Å². The fraction of sp³-hybridized carbons (Fsp3) is 0.435. The lowest BCUT2D eigenvalue weighted by Gasteiger charge is -2.31. The molecule has 0 bridgehead atoms. The third-order valence-corrected chi connectivity index (χ3v) is 6.54. The van der Waals surface area contributed by atoms with Crippen LogP contribution < -0.4 is 9.47 Å². The zero-order valence-electron chi connectivity index (χ0n) is 16.4. The van der Waals surface area contributed by atoms with Gasteiger partial charge in [-0.05, 0) is 87.0 Å². The molecule has 1 fully saturated rings. The molecule has 5 heteroatoms. The Labute approximate surface area is 171 Å². The molecular weight excluding hydrogens is 368 g/mol. The first-order chi connectivity index (χ1) is 13.8. The monoisotopic (exact) mass is 395 g/mol. The fourth-order valence-corrected chi connectivity index (χ4v) is 4.93. The molecule has 0 atom stereocenters. The molecule has 0 spiro atoms. The SMILES string of the molecule is COc1c[c]ccc1OCCCCN1CCC(c2snc3ccccc23)CC1. The quantitative estimate of drug-likeness (QED) is 0.495. The zero-order chi connectivity index (χ0) is 19.2. The van der Waals surface area contributed by atoms with E-state index in [2.05, 4.69) is 39.6 Å². The number of likely N-dealkylation sites (tertiary alicyclic amines) is 1. The van der Waals surface area contributed by atoms with Gasteiger partial charge in [-0.3, -0.25) is 0 Å². The molecule has 2 aromatic carbocycles. The van der Waals surface area contributed by atoms with Crippen LogP contribution in [-0.2, 0) is 0 Å². The molecule has 28 heavy (non-hydrogen) atoms. The maximum absolute atomic E-state index is 5.86. The largest absolute Gasteiger partial charge is 0.493 e. The number of piperidine rings is 1. The van der Waals surface area contributed by atoms with Crippen molar-refractivity contribution >= 4 is 22.4 Å². The van der Waals surface area contributed by atoms with E-state index >= 15 is 0 Å². The van der Waals surface area contributed by atoms with E-state index in [1.807, 2.05) is 18.2 Å². The first-order valence-electron chi connectivity index (χ1n) is 10.1. The van der Waals surface area contributed by atoms with Crippen molar-refractivity contribution in [2.24, 2.45) is 0 Å². The van der Waals surface area contributed by atoms with E-state index in [4.69, 9.17) is 9.47 Å². The van der Waals surface area contributed by atoms with Crippen LogP contribution in [0.25, 0.3) is 10.9 Å². The molecule has 2 heterocycles. The molecule has 0 amide bonds. The molecule has 1 radical (unpaired) electrons. The molecule has 3 aromatic rings. The lowest BCUT2D eigenvalue weighted by molar-refractivity contribution is 0.202. The van der Waals surface area contributed by atoms with Gasteiger partial charge in [-0.25, -0.2) is 0 Å². The minimum absolute atomic E-state index is 0.666. The third kappa shape index (κ3) is 4.47. The van der Waals surface area contributed by atoms with E-state index in [9.17, 15) is 0 Å². The molecule has 1 aliphatic rings. The highest BCUT2D eigenvalue weighted by Gasteiger charge is 2.23. The van der Waals surface area contributed by atoms with Gasteiger partial charge in [0.05, 0.1) is 19.2 Å². The Morgan fingerprint density at radius 1 is 1.14 bits per heavy atom. The number of aromatic nitrogens is 1. The Morgan fingerprint density at radius 2 is 2.00 bits per heavy atom. The van der Waals surface area contributed by atoms with Crippen LogP contribution in [0.15, 0.2) is 42.5 Å². The summed E-state index contributed by atoms with van der Waals surface area (Å²) in [6, 6.07) is 17.1. The predicted octanol–water partition coefficient (Wildman–Crippen LogP) is 5.14. The Morgan fingerprint density at radius 3 is 2.86 bits per heavy atom. The average Bonchev–Trinajstić information content (AvgIpc) is 3.18. The van der Waals surface area contributed by atoms with E-state index < -0.39 is 0 Å². The number of hydrogen-bond acceptors (Lipinski definition) is 5. The number of hydrogen-bond donors (Lipinski definition) is 0. The summed E-state index contributed by atoms with van der Waals surface area (Å²) >= 11 is 1.70. The van der Waals surface area contributed by atoms with E-state index in [1.165, 1.54) is 36.2 Å². The van der Waals surface area contributed by atoms with Gasteiger partial charge in [-0.1, -0.05) is 24.3 Å². The van der Waals surface area contributed by atoms with Crippen molar-refractivity contribution in [3.8, 4) is 11.5 Å². The van der Waals surface area contributed by atoms with Crippen molar-refractivity contribution in [2.45, 2.75) is 31.6 Å². The molecular formula is C23H27N2O2S. The third-order valence-electron chi connectivity index (χ3n) is 5.50. The summed E-state index contributed by atoms with van der Waals surface area (Å²) in [6.45, 7) is 4.24. The van der Waals surface area contributed by atoms with Gasteiger partial charge >= 0.3 is 0 Å². The maximum Gasteiger partial charge on any atom is 0.161 e. The van der Waals surface area contributed by atoms with E-state index in [1.54, 1.807) is 18.6 Å². The minimum Gasteiger partial charge on any atom is -0.493 e. The molecule has 1 aliphatic heterocycles. The highest BCUT2D eigenvalue weighted by atomic mass is 32.1. The normalized spacial score (nSPS) is 15.8. The molecule has 0 aliphatic carbocycles. The highest BCUT2D eigenvalue weighted by Crippen LogP contribution is 2.35. The molecule has 0 unspecified atom stereocenters. The number of methoxy groups -OCH3 is 1. The second-order valence-corrected chi connectivity index (χ2v) is 8.12. The van der Waals surface area contributed by atoms with Crippen molar-refractivity contribution in [3.05, 3.63) is 53.4 Å². The van der Waals surface area contributed by atoms with Gasteiger partial charge < -0.3 is 14.4 Å². The predicted molar refractivity (Wildman–Crippen MR) is 115 cm³/mol. The summed E-state index contributed by atoms with van der Waals surface area (Å²) < 4.78 is 15.8. The highest BCUT2D eigenvalue weighted by molar-refractivity contribution is 7.07. The van der Waals surface area contributed by atoms with Gasteiger partial charge in [0.1, 0.15) is 0 Å². The van der Waals surface area contributed by atoms with E-state index in [-0.39, 0.29) is 0 Å². The van der Waals surface area contributed by atoms with E-state index in [0.717, 1.165) is 43.0 Å². The first kappa shape index (κ1) is 19.2. The average molecular weight is 396 g/mol. The number of fused-ring (bicyclic) bond motifs is 1. The Kier molecular flexibility index (Phi) is 6.45. The van der Waals surface area contributed by atoms with Gasteiger partial charge in [0.2, 0.25) is 0 Å². The molecule has 147 valence electrons. The maximum atomic E-state index is 5.86. The Balaban J connectivity index is 1.18. The number of unbranched alkanes of at least 4 members (excludes halogenated alkanes) is 1. The first-order valence-corrected chi connectivity index (χ1v) is 10.9. The zero-order valence-corrected chi connectivity index (χ0v) is 17.2. The standard InChI is InChI=1S/C23H27N2O2S/c1-26-21-10-4-5-11-22(21)27-17-7-6-14-25-15-12-18(13-16-25)23-19-8-2-3-9-20(19)24-28-23/h2-3,5,8-11,18H,6-7,12-17H2,1H3. The molecule has 1 aromatic heterocycles. The van der Waals surface area contributed by atoms with Crippen molar-refractivity contribution < 1.29 is 9.47 Å². The Hall–Kier alpha value is -2.11. The fourth-order valence-electron chi connectivity index (χ4n) is 3.92. The molecule has 1 saturated heterocycles. The molecule has 0 saturated carbocycles. The molecule has 4 nitrogen and oxygen atoms in total. The number of benzene rings is 2. The minimum atomic E-state index is 0.666. The van der Waals surface area contributed by atoms with Gasteiger partial charge in [0.15, 0.2) is 11.5 Å². The van der Waals surface area contributed by atoms with Gasteiger partial charge in [0.25, 0.3) is 0 Å². The van der Waals surface area contributed by atoms with E-state index in [0.29, 0.717) is 5.92 Å². The van der Waals surface area contributed by atoms with Crippen LogP contribution in [-0.4, -0.2) is 42.6 Å². The van der Waals surface area contributed by atoms with Gasteiger partial charge in [-0.15, -0.1) is 0 Å². The lowest BCUT2D eigenvalue weighted by Crippen LogP contribution is -2.33. The van der Waals surface area contributed by atoms with Crippen molar-refractivity contribution in [3.63, 3.8) is 0 Å². The van der Waals surface area contributed by atoms with Crippen LogP contribution >= 0.6 is 11.5 Å². The molecule has 4 rings (SSSR count). The number of ether oxygens (including phenoxy) is 2. The number of nitrogens with zero attached hydrogens (tertiary/aromatic N) is 2. The van der Waals surface area contributed by atoms with Crippen molar-refractivity contribution in [1.29, 1.82) is 0 Å². The smallest absolute Gasteiger partial charge is 0.161 e. The second-order valence-electron chi connectivity index (χ2n) is 7.31. The summed E-state index contributed by atoms with van der Waals surface area (Å²) in [4.78, 5) is 4.08. The summed E-state index contributed by atoms with van der Waals surface area (Å²) in [6.07, 6.45) is 4.69. The van der Waals surface area contributed by atoms with Crippen LogP contribution in [0.5, 0.6) is 11.5 Å². The molecule has 0 N–H and O–H groups in total. The Bertz CT molecular complexity index is 887. The summed E-state index contributed by atoms with van der Waals surface area (Å²) in [5.74, 6) is 2.22. The lowest BCUT2D eigenvalue weighted by atomic mass is 9.93. The number of rotatable bonds is 8. The van der Waals surface area contributed by atoms with Crippen molar-refractivity contribution in [1.82, 2.24) is 9.27 Å². The van der Waals surface area contributed by atoms with Crippen LogP contribution in [0, 0.1) is 6.07 Å². The van der Waals surface area contributed by atoms with Crippen LogP contribution in [0.4, 0.5) is 0 Å². The van der Waals surface area contributed by atoms with Gasteiger partial charge in [0, 0.05) is 10.3 Å². The van der Waals surface area contributed by atoms with Crippen LogP contribution in [0.2, 0.25) is 0 Å².